The van der Waals surface area contributed by atoms with Crippen molar-refractivity contribution in [1.82, 2.24) is 0 Å². The number of aliphatic hydroxyl groups excluding tert-OH is 1. The molecule has 0 heterocycles. The number of phenols is 2. The molecule has 5 rings (SSSR count). The molecule has 2 aromatic rings. The third-order valence-corrected chi connectivity index (χ3v) is 7.55. The van der Waals surface area contributed by atoms with Crippen molar-refractivity contribution in [2.75, 3.05) is 13.7 Å². The van der Waals surface area contributed by atoms with Gasteiger partial charge in [0.2, 0.25) is 5.78 Å². The summed E-state index contributed by atoms with van der Waals surface area (Å²) in [6.07, 6.45) is 4.19. The minimum absolute atomic E-state index is 0.0262. The van der Waals surface area contributed by atoms with Gasteiger partial charge < -0.3 is 24.8 Å². The first-order chi connectivity index (χ1) is 16.9. The minimum atomic E-state index is -0.763. The maximum atomic E-state index is 13.6. The topological polar surface area (TPSA) is 130 Å². The van der Waals surface area contributed by atoms with Crippen LogP contribution < -0.4 is 4.74 Å². The molecule has 1 saturated carbocycles. The molecule has 0 radical (unpaired) electrons. The molecule has 8 heteroatoms. The van der Waals surface area contributed by atoms with Crippen molar-refractivity contribution >= 4 is 17.3 Å². The normalized spacial score (nSPS) is 21.8. The van der Waals surface area contributed by atoms with Crippen LogP contribution >= 0.6 is 0 Å². The van der Waals surface area contributed by atoms with Crippen molar-refractivity contribution in [1.29, 1.82) is 0 Å². The van der Waals surface area contributed by atoms with E-state index in [2.05, 4.69) is 0 Å². The van der Waals surface area contributed by atoms with Crippen LogP contribution in [-0.2, 0) is 16.0 Å². The first-order valence-electron chi connectivity index (χ1n) is 12.0. The van der Waals surface area contributed by atoms with Crippen molar-refractivity contribution in [2.45, 2.75) is 57.2 Å². The smallest absolute Gasteiger partial charge is 0.202 e. The molecule has 3 aliphatic carbocycles. The molecule has 2 aromatic carbocycles. The summed E-state index contributed by atoms with van der Waals surface area (Å²) >= 11 is 0. The van der Waals surface area contributed by atoms with E-state index in [-0.39, 0.29) is 58.1 Å². The second-order valence-corrected chi connectivity index (χ2v) is 9.53. The number of rotatable bonds is 5. The minimum Gasteiger partial charge on any atom is -0.507 e. The Morgan fingerprint density at radius 2 is 1.71 bits per heavy atom. The van der Waals surface area contributed by atoms with Gasteiger partial charge in [0.1, 0.15) is 23.9 Å². The number of carbonyl (C=O) groups excluding carboxylic acids is 3. The number of fused-ring (bicyclic) bond motifs is 3. The van der Waals surface area contributed by atoms with Gasteiger partial charge in [0.05, 0.1) is 36.0 Å². The van der Waals surface area contributed by atoms with Gasteiger partial charge in [-0.1, -0.05) is 31.4 Å². The van der Waals surface area contributed by atoms with Gasteiger partial charge in [0, 0.05) is 22.6 Å². The van der Waals surface area contributed by atoms with E-state index < -0.39 is 47.5 Å². The average Bonchev–Trinajstić information content (AvgIpc) is 2.88. The van der Waals surface area contributed by atoms with Gasteiger partial charge in [-0.25, -0.2) is 0 Å². The maximum Gasteiger partial charge on any atom is 0.202 e. The summed E-state index contributed by atoms with van der Waals surface area (Å²) in [6.45, 7) is -0.654. The number of ketones is 3. The Hall–Kier alpha value is -3.23. The van der Waals surface area contributed by atoms with Crippen molar-refractivity contribution in [3.63, 3.8) is 0 Å². The zero-order chi connectivity index (χ0) is 24.9. The van der Waals surface area contributed by atoms with E-state index in [0.29, 0.717) is 0 Å². The predicted octanol–water partition coefficient (Wildman–Crippen LogP) is 3.40. The van der Waals surface area contributed by atoms with Crippen LogP contribution in [-0.4, -0.2) is 52.5 Å². The number of carbonyl (C=O) groups is 3. The lowest BCUT2D eigenvalue weighted by Gasteiger charge is -2.36. The number of Topliss-reactive ketones (excluding diaryl/α,β-unsaturated/α-hetero) is 1. The molecule has 35 heavy (non-hydrogen) atoms. The second kappa shape index (κ2) is 9.09. The van der Waals surface area contributed by atoms with Gasteiger partial charge >= 0.3 is 0 Å². The fourth-order valence-corrected chi connectivity index (χ4v) is 5.81. The Morgan fingerprint density at radius 1 is 1.00 bits per heavy atom. The van der Waals surface area contributed by atoms with Gasteiger partial charge in [-0.15, -0.1) is 0 Å². The number of ether oxygens (including phenoxy) is 2. The Labute approximate surface area is 202 Å². The largest absolute Gasteiger partial charge is 0.507 e. The SMILES string of the molecule is COc1cccc2c1C(=O)c1c(O)c3c(c(O)c1C2=O)C[C@H](C(=O)CO)C[C@H]3OC1CCCCC1. The quantitative estimate of drug-likeness (QED) is 0.474. The lowest BCUT2D eigenvalue weighted by Crippen LogP contribution is -2.32. The van der Waals surface area contributed by atoms with Crippen LogP contribution in [0.3, 0.4) is 0 Å². The van der Waals surface area contributed by atoms with Crippen LogP contribution in [0.1, 0.15) is 87.6 Å². The van der Waals surface area contributed by atoms with Gasteiger partial charge in [-0.3, -0.25) is 14.4 Å². The summed E-state index contributed by atoms with van der Waals surface area (Å²) in [5.74, 6) is -2.90. The number of hydrogen-bond donors (Lipinski definition) is 3. The van der Waals surface area contributed by atoms with Crippen LogP contribution in [0, 0.1) is 5.92 Å². The highest BCUT2D eigenvalue weighted by molar-refractivity contribution is 6.31. The molecule has 0 amide bonds. The molecule has 0 unspecified atom stereocenters. The van der Waals surface area contributed by atoms with E-state index in [1.807, 2.05) is 0 Å². The molecule has 1 fully saturated rings. The number of benzene rings is 2. The van der Waals surface area contributed by atoms with E-state index in [9.17, 15) is 29.7 Å². The van der Waals surface area contributed by atoms with Gasteiger partial charge in [0.15, 0.2) is 11.6 Å². The molecule has 0 saturated heterocycles. The van der Waals surface area contributed by atoms with Crippen LogP contribution in [0.25, 0.3) is 0 Å². The summed E-state index contributed by atoms with van der Waals surface area (Å²) in [6, 6.07) is 4.61. The first kappa shape index (κ1) is 23.5. The number of aliphatic hydroxyl groups is 1. The van der Waals surface area contributed by atoms with Crippen LogP contribution in [0.2, 0.25) is 0 Å². The standard InChI is InChI=1S/C27H28O8/c1-34-18-9-5-8-15-20(18)26(32)23-22(24(15)30)25(31)16-10-13(17(29)12-28)11-19(21(16)27(23)33)35-14-6-3-2-4-7-14/h5,8-9,13-14,19,28,31,33H,2-4,6-7,10-12H2,1H3/t13-,19+/m0/s1. The van der Waals surface area contributed by atoms with Crippen LogP contribution in [0.5, 0.6) is 17.2 Å². The molecule has 184 valence electrons. The van der Waals surface area contributed by atoms with E-state index in [1.165, 1.54) is 13.2 Å². The van der Waals surface area contributed by atoms with Gasteiger partial charge in [-0.2, -0.15) is 0 Å². The summed E-state index contributed by atoms with van der Waals surface area (Å²) in [4.78, 5) is 39.5. The Morgan fingerprint density at radius 3 is 2.40 bits per heavy atom. The number of methoxy groups -OCH3 is 1. The molecule has 3 aliphatic rings. The fraction of sp³-hybridized carbons (Fsp3) is 0.444. The molecular weight excluding hydrogens is 452 g/mol. The third-order valence-electron chi connectivity index (χ3n) is 7.55. The average molecular weight is 481 g/mol. The Bertz CT molecular complexity index is 1220. The Kier molecular flexibility index (Phi) is 6.11. The van der Waals surface area contributed by atoms with Crippen molar-refractivity contribution in [3.05, 3.63) is 51.6 Å². The van der Waals surface area contributed by atoms with Crippen LogP contribution in [0.15, 0.2) is 18.2 Å². The lowest BCUT2D eigenvalue weighted by atomic mass is 9.73. The molecule has 3 N–H and O–H groups in total. The summed E-state index contributed by atoms with van der Waals surface area (Å²) < 4.78 is 11.7. The number of phenolic OH excluding ortho intramolecular Hbond substituents is 2. The lowest BCUT2D eigenvalue weighted by molar-refractivity contribution is -0.128. The highest BCUT2D eigenvalue weighted by atomic mass is 16.5. The van der Waals surface area contributed by atoms with E-state index in [1.54, 1.807) is 12.1 Å². The molecule has 0 bridgehead atoms. The fourth-order valence-electron chi connectivity index (χ4n) is 5.81. The van der Waals surface area contributed by atoms with E-state index in [0.717, 1.165) is 32.1 Å². The van der Waals surface area contributed by atoms with Crippen molar-refractivity contribution < 1.29 is 39.2 Å². The molecular formula is C27H28O8. The highest BCUT2D eigenvalue weighted by Crippen LogP contribution is 2.51. The summed E-state index contributed by atoms with van der Waals surface area (Å²) in [5, 5.41) is 32.2. The second-order valence-electron chi connectivity index (χ2n) is 9.53. The van der Waals surface area contributed by atoms with E-state index >= 15 is 0 Å². The molecule has 8 nitrogen and oxygen atoms in total. The van der Waals surface area contributed by atoms with Gasteiger partial charge in [-0.05, 0) is 31.7 Å². The molecule has 0 aromatic heterocycles. The first-order valence-corrected chi connectivity index (χ1v) is 12.0. The molecule has 0 spiro atoms. The predicted molar refractivity (Wildman–Crippen MR) is 124 cm³/mol. The van der Waals surface area contributed by atoms with Crippen molar-refractivity contribution in [3.8, 4) is 17.2 Å². The van der Waals surface area contributed by atoms with Crippen molar-refractivity contribution in [2.24, 2.45) is 5.92 Å². The molecule has 2 atom stereocenters. The van der Waals surface area contributed by atoms with Gasteiger partial charge in [0.25, 0.3) is 0 Å². The molecule has 0 aliphatic heterocycles. The zero-order valence-corrected chi connectivity index (χ0v) is 19.5. The van der Waals surface area contributed by atoms with Crippen LogP contribution in [0.4, 0.5) is 0 Å². The van der Waals surface area contributed by atoms with E-state index in [4.69, 9.17) is 9.47 Å². The monoisotopic (exact) mass is 480 g/mol. The third kappa shape index (κ3) is 3.72. The Balaban J connectivity index is 1.69. The summed E-state index contributed by atoms with van der Waals surface area (Å²) in [7, 11) is 1.39. The number of aromatic hydroxyl groups is 2. The summed E-state index contributed by atoms with van der Waals surface area (Å²) in [5.41, 5.74) is 0.0233. The zero-order valence-electron chi connectivity index (χ0n) is 19.5. The maximum absolute atomic E-state index is 13.6. The highest BCUT2D eigenvalue weighted by Gasteiger charge is 2.44. The number of hydrogen-bond acceptors (Lipinski definition) is 8.